The summed E-state index contributed by atoms with van der Waals surface area (Å²) in [6, 6.07) is 1.25. The summed E-state index contributed by atoms with van der Waals surface area (Å²) in [5, 5.41) is 18.6. The van der Waals surface area contributed by atoms with Crippen LogP contribution in [0.1, 0.15) is 33.9 Å². The van der Waals surface area contributed by atoms with Crippen LogP contribution < -0.4 is 11.2 Å². The maximum atomic E-state index is 12.3. The first kappa shape index (κ1) is 23.4. The molecule has 0 saturated carbocycles. The predicted octanol–water partition coefficient (Wildman–Crippen LogP) is 0.794. The van der Waals surface area contributed by atoms with Gasteiger partial charge in [-0.1, -0.05) is 0 Å². The Balaban J connectivity index is 2.37. The fourth-order valence-electron chi connectivity index (χ4n) is 2.68. The molecule has 1 saturated heterocycles. The van der Waals surface area contributed by atoms with E-state index in [1.54, 1.807) is 33.2 Å². The topological polar surface area (TPSA) is 168 Å². The number of hydrogen-bond acceptors (Lipinski definition) is 12. The minimum absolute atomic E-state index is 0.127. The summed E-state index contributed by atoms with van der Waals surface area (Å²) in [7, 11) is 0. The minimum Gasteiger partial charge on any atom is -0.432 e. The summed E-state index contributed by atoms with van der Waals surface area (Å²) >= 11 is 0. The number of ether oxygens (including phenoxy) is 5. The molecule has 1 fully saturated rings. The maximum Gasteiger partial charge on any atom is 0.509 e. The molecule has 0 spiro atoms. The molecule has 0 radical (unpaired) electrons. The monoisotopic (exact) mass is 431 g/mol. The summed E-state index contributed by atoms with van der Waals surface area (Å²) in [6.07, 6.45) is -7.09. The van der Waals surface area contributed by atoms with E-state index < -0.39 is 61.4 Å². The van der Waals surface area contributed by atoms with Gasteiger partial charge in [0.1, 0.15) is 6.10 Å². The first-order valence-corrected chi connectivity index (χ1v) is 9.16. The van der Waals surface area contributed by atoms with Crippen LogP contribution in [0.5, 0.6) is 0 Å². The maximum absolute atomic E-state index is 12.3. The zero-order valence-corrected chi connectivity index (χ0v) is 16.9. The zero-order valence-electron chi connectivity index (χ0n) is 16.9. The molecule has 1 aliphatic rings. The third-order valence-electron chi connectivity index (χ3n) is 3.81. The highest BCUT2D eigenvalue weighted by atomic mass is 16.8. The van der Waals surface area contributed by atoms with Crippen LogP contribution in [0.4, 0.5) is 15.4 Å². The quantitative estimate of drug-likeness (QED) is 0.411. The largest absolute Gasteiger partial charge is 0.509 e. The van der Waals surface area contributed by atoms with E-state index in [9.17, 15) is 19.5 Å². The van der Waals surface area contributed by atoms with E-state index >= 15 is 0 Å². The summed E-state index contributed by atoms with van der Waals surface area (Å²) in [5.74, 6) is -0.127. The van der Waals surface area contributed by atoms with Gasteiger partial charge in [0.05, 0.1) is 18.8 Å². The molecule has 13 nitrogen and oxygen atoms in total. The van der Waals surface area contributed by atoms with Crippen molar-refractivity contribution in [1.82, 2.24) is 9.55 Å². The molecule has 30 heavy (non-hydrogen) atoms. The van der Waals surface area contributed by atoms with Gasteiger partial charge >= 0.3 is 18.0 Å². The van der Waals surface area contributed by atoms with Crippen LogP contribution >= 0.6 is 0 Å². The van der Waals surface area contributed by atoms with Gasteiger partial charge in [0.2, 0.25) is 0 Å². The van der Waals surface area contributed by atoms with Crippen molar-refractivity contribution >= 4 is 18.1 Å². The molecule has 0 bridgehead atoms. The Labute approximate surface area is 171 Å². The second kappa shape index (κ2) is 10.2. The first-order valence-electron chi connectivity index (χ1n) is 9.16. The lowest BCUT2D eigenvalue weighted by atomic mass is 10.1. The molecule has 4 atom stereocenters. The van der Waals surface area contributed by atoms with E-state index in [0.29, 0.717) is 0 Å². The molecule has 0 unspecified atom stereocenters. The molecular weight excluding hydrogens is 406 g/mol. The number of anilines is 1. The van der Waals surface area contributed by atoms with Crippen LogP contribution in [0.2, 0.25) is 0 Å². The van der Waals surface area contributed by atoms with Gasteiger partial charge in [-0.15, -0.1) is 0 Å². The van der Waals surface area contributed by atoms with E-state index in [4.69, 9.17) is 28.9 Å². The number of aliphatic hydroxyl groups is 1. The van der Waals surface area contributed by atoms with Crippen LogP contribution in [0.25, 0.3) is 0 Å². The van der Waals surface area contributed by atoms with E-state index in [1.807, 2.05) is 0 Å². The number of rotatable bonds is 7. The average Bonchev–Trinajstić information content (AvgIpc) is 2.97. The number of nitrogens with one attached hydrogen (secondary N) is 1. The summed E-state index contributed by atoms with van der Waals surface area (Å²) in [5.41, 5.74) is 0.859. The number of hydrogen-bond donors (Lipinski definition) is 3. The smallest absolute Gasteiger partial charge is 0.432 e. The van der Waals surface area contributed by atoms with Crippen LogP contribution in [0.3, 0.4) is 0 Å². The molecule has 1 aromatic heterocycles. The molecule has 1 aliphatic heterocycles. The van der Waals surface area contributed by atoms with Crippen LogP contribution in [-0.4, -0.2) is 69.3 Å². The molecule has 0 aliphatic carbocycles. The standard InChI is InChI=1S/C17H25N3O10/c1-8(2)26-16(23)29-12-10(7-21)28-14(13(12)30-17(24)27-9(3)4)20-6-5-11(19-25)18-15(20)22/h5-6,8-10,12-14,21,25H,7H2,1-4H3,(H,18,19,22)/t10-,12-,13-,14-/m1/s1. The Kier molecular flexibility index (Phi) is 7.97. The predicted molar refractivity (Wildman–Crippen MR) is 97.9 cm³/mol. The average molecular weight is 431 g/mol. The van der Waals surface area contributed by atoms with Gasteiger partial charge in [-0.05, 0) is 33.8 Å². The molecular formula is C17H25N3O10. The van der Waals surface area contributed by atoms with Crippen molar-refractivity contribution in [2.24, 2.45) is 0 Å². The van der Waals surface area contributed by atoms with Crippen LogP contribution in [0, 0.1) is 0 Å². The summed E-state index contributed by atoms with van der Waals surface area (Å²) < 4.78 is 26.9. The van der Waals surface area contributed by atoms with Gasteiger partial charge < -0.3 is 28.8 Å². The van der Waals surface area contributed by atoms with Crippen molar-refractivity contribution in [3.05, 3.63) is 22.7 Å². The Morgan fingerprint density at radius 2 is 1.73 bits per heavy atom. The number of nitrogens with zero attached hydrogens (tertiary/aromatic N) is 2. The summed E-state index contributed by atoms with van der Waals surface area (Å²) in [6.45, 7) is 5.80. The lowest BCUT2D eigenvalue weighted by molar-refractivity contribution is -0.0723. The van der Waals surface area contributed by atoms with E-state index in [-0.39, 0.29) is 5.82 Å². The van der Waals surface area contributed by atoms with Crippen molar-refractivity contribution in [1.29, 1.82) is 0 Å². The highest BCUT2D eigenvalue weighted by Gasteiger charge is 2.51. The van der Waals surface area contributed by atoms with Gasteiger partial charge in [-0.3, -0.25) is 15.3 Å². The second-order valence-electron chi connectivity index (χ2n) is 6.86. The molecule has 13 heteroatoms. The fourth-order valence-corrected chi connectivity index (χ4v) is 2.68. The molecule has 3 N–H and O–H groups in total. The second-order valence-corrected chi connectivity index (χ2v) is 6.86. The SMILES string of the molecule is CC(C)OC(=O)O[C@@H]1[C@H](OC(=O)OC(C)C)[C@@H](CO)O[C@H]1n1ccc(NO)nc1=O. The molecule has 0 amide bonds. The summed E-state index contributed by atoms with van der Waals surface area (Å²) in [4.78, 5) is 40.0. The van der Waals surface area contributed by atoms with E-state index in [0.717, 1.165) is 4.57 Å². The van der Waals surface area contributed by atoms with Crippen molar-refractivity contribution in [2.45, 2.75) is 64.4 Å². The van der Waals surface area contributed by atoms with Gasteiger partial charge in [-0.25, -0.2) is 14.4 Å². The van der Waals surface area contributed by atoms with Crippen LogP contribution in [-0.2, 0) is 23.7 Å². The van der Waals surface area contributed by atoms with Gasteiger partial charge in [0.15, 0.2) is 24.3 Å². The Bertz CT molecular complexity index is 796. The highest BCUT2D eigenvalue weighted by molar-refractivity contribution is 5.62. The minimum atomic E-state index is -1.37. The zero-order chi connectivity index (χ0) is 22.4. The first-order chi connectivity index (χ1) is 14.2. The molecule has 1 aromatic rings. The van der Waals surface area contributed by atoms with Crippen molar-refractivity contribution < 1.29 is 43.6 Å². The van der Waals surface area contributed by atoms with Gasteiger partial charge in [-0.2, -0.15) is 4.98 Å². The lowest BCUT2D eigenvalue weighted by Crippen LogP contribution is -2.42. The number of aromatic nitrogens is 2. The van der Waals surface area contributed by atoms with E-state index in [2.05, 4.69) is 4.98 Å². The van der Waals surface area contributed by atoms with E-state index in [1.165, 1.54) is 12.3 Å². The van der Waals surface area contributed by atoms with Gasteiger partial charge in [0.25, 0.3) is 0 Å². The Morgan fingerprint density at radius 1 is 1.17 bits per heavy atom. The number of aliphatic hydroxyl groups excluding tert-OH is 1. The lowest BCUT2D eigenvalue weighted by Gasteiger charge is -2.24. The van der Waals surface area contributed by atoms with Gasteiger partial charge in [0, 0.05) is 6.20 Å². The van der Waals surface area contributed by atoms with Crippen molar-refractivity contribution in [2.75, 3.05) is 12.1 Å². The molecule has 2 heterocycles. The Morgan fingerprint density at radius 3 is 2.20 bits per heavy atom. The van der Waals surface area contributed by atoms with Crippen LogP contribution in [0.15, 0.2) is 17.1 Å². The Hall–Kier alpha value is -2.90. The van der Waals surface area contributed by atoms with Crippen molar-refractivity contribution in [3.63, 3.8) is 0 Å². The molecule has 0 aromatic carbocycles. The fraction of sp³-hybridized carbons (Fsp3) is 0.647. The normalized spacial score (nSPS) is 23.3. The highest BCUT2D eigenvalue weighted by Crippen LogP contribution is 2.33. The third-order valence-corrected chi connectivity index (χ3v) is 3.81. The number of carbonyl (C=O) groups excluding carboxylic acids is 2. The molecule has 2 rings (SSSR count). The third kappa shape index (κ3) is 5.81. The number of carbonyl (C=O) groups is 2. The molecule has 168 valence electrons. The van der Waals surface area contributed by atoms with Crippen molar-refractivity contribution in [3.8, 4) is 0 Å².